The third-order valence-corrected chi connectivity index (χ3v) is 15.4. The number of hydrogen-bond donors (Lipinski definition) is 1. The Balaban J connectivity index is 1.00. The maximum absolute atomic E-state index is 14.4. The average Bonchev–Trinajstić information content (AvgIpc) is 3.49. The van der Waals surface area contributed by atoms with Gasteiger partial charge in [0, 0.05) is 37.1 Å². The predicted molar refractivity (Wildman–Crippen MR) is 185 cm³/mol. The van der Waals surface area contributed by atoms with E-state index < -0.39 is 41.3 Å². The SMILES string of the molecule is C[C@H]1[C@@H](CC(C[C@H]2O[C@@H]3O[C@]4(C)CC[C@H]5[C@H](C)CC[C@@H]([C@H]2C)[C@@]35OO4)C(=O)NCc2ccc(F)cc2)O[C@@H]2O[C@]3(C)CC[C@H]4[C@H](C)CC[C@@H]1[C@@]24OO3. The first kappa shape index (κ1) is 36.0. The number of benzene rings is 1. The smallest absolute Gasteiger partial charge is 0.223 e. The molecule has 1 aromatic carbocycles. The fourth-order valence-electron chi connectivity index (χ4n) is 12.3. The van der Waals surface area contributed by atoms with Gasteiger partial charge in [0.15, 0.2) is 23.8 Å². The van der Waals surface area contributed by atoms with E-state index in [1.807, 2.05) is 13.8 Å². The molecule has 16 atom stereocenters. The van der Waals surface area contributed by atoms with Gasteiger partial charge in [-0.2, -0.15) is 0 Å². The molecular weight excluding hydrogens is 669 g/mol. The number of rotatable bonds is 7. The van der Waals surface area contributed by atoms with Crippen LogP contribution in [-0.4, -0.2) is 53.5 Å². The van der Waals surface area contributed by atoms with Crippen molar-refractivity contribution >= 4 is 5.91 Å². The number of amides is 1. The van der Waals surface area contributed by atoms with Crippen LogP contribution in [0.25, 0.3) is 0 Å². The zero-order chi connectivity index (χ0) is 36.2. The zero-order valence-electron chi connectivity index (χ0n) is 31.6. The van der Waals surface area contributed by atoms with Gasteiger partial charge in [0.25, 0.3) is 0 Å². The number of carbonyl (C=O) groups is 1. The van der Waals surface area contributed by atoms with E-state index in [0.29, 0.717) is 31.2 Å². The molecule has 0 radical (unpaired) electrons. The topological polar surface area (TPSA) is 103 Å². The Morgan fingerprint density at radius 1 is 0.712 bits per heavy atom. The maximum atomic E-state index is 14.4. The number of ether oxygens (including phenoxy) is 4. The summed E-state index contributed by atoms with van der Waals surface area (Å²) in [7, 11) is 0. The van der Waals surface area contributed by atoms with Crippen molar-refractivity contribution in [1.82, 2.24) is 5.32 Å². The first-order chi connectivity index (χ1) is 24.8. The van der Waals surface area contributed by atoms with Gasteiger partial charge in [0.2, 0.25) is 17.5 Å². The second-order valence-electron chi connectivity index (χ2n) is 18.4. The number of nitrogens with one attached hydrogen (secondary N) is 1. The van der Waals surface area contributed by atoms with Crippen LogP contribution in [0.5, 0.6) is 0 Å². The van der Waals surface area contributed by atoms with Gasteiger partial charge in [0.1, 0.15) is 5.82 Å². The van der Waals surface area contributed by atoms with E-state index in [-0.39, 0.29) is 59.4 Å². The minimum Gasteiger partial charge on any atom is -0.352 e. The minimum atomic E-state index is -0.869. The number of hydrogen-bond acceptors (Lipinski definition) is 9. The number of halogens is 1. The summed E-state index contributed by atoms with van der Waals surface area (Å²) in [5, 5.41) is 3.20. The molecule has 10 nitrogen and oxygen atoms in total. The van der Waals surface area contributed by atoms with Crippen molar-refractivity contribution in [2.75, 3.05) is 0 Å². The van der Waals surface area contributed by atoms with E-state index in [0.717, 1.165) is 56.9 Å². The van der Waals surface area contributed by atoms with E-state index in [1.54, 1.807) is 12.1 Å². The van der Waals surface area contributed by atoms with Crippen LogP contribution >= 0.6 is 0 Å². The van der Waals surface area contributed by atoms with Crippen molar-refractivity contribution in [3.05, 3.63) is 35.6 Å². The first-order valence-electron chi connectivity index (χ1n) is 20.3. The third kappa shape index (κ3) is 5.57. The van der Waals surface area contributed by atoms with E-state index >= 15 is 0 Å². The lowest BCUT2D eigenvalue weighted by Crippen LogP contribution is -2.70. The summed E-state index contributed by atoms with van der Waals surface area (Å²) in [5.74, 6) is -0.500. The van der Waals surface area contributed by atoms with Crippen LogP contribution in [0.2, 0.25) is 0 Å². The van der Waals surface area contributed by atoms with Gasteiger partial charge in [-0.1, -0.05) is 39.8 Å². The molecule has 1 amide bonds. The van der Waals surface area contributed by atoms with Gasteiger partial charge < -0.3 is 24.3 Å². The Kier molecular flexibility index (Phi) is 8.95. The standard InChI is InChI=1S/C41H58FNO9/c1-22-7-13-31-24(3)33(45-36-40(31)29(22)15-17-38(5,47-36)49-51-40)19-27(35(44)43-21-26-9-11-28(42)12-10-26)20-34-25(4)32-14-8-23(2)30-16-18-39(6)48-37(46-34)41(30,32)52-50-39/h9-12,22-25,27,29-34,36-37H,7-8,13-21H2,1-6H3,(H,43,44)/t22-,23-,24-,25-,29+,30+,31+,32+,33-,34-,36-,37-,38+,39+,40-,41-/m1/s1. The summed E-state index contributed by atoms with van der Waals surface area (Å²) in [6.07, 6.45) is 7.03. The van der Waals surface area contributed by atoms with Crippen LogP contribution in [0.1, 0.15) is 111 Å². The normalized spacial score (nSPS) is 51.1. The van der Waals surface area contributed by atoms with Crippen LogP contribution in [0.4, 0.5) is 4.39 Å². The van der Waals surface area contributed by atoms with Crippen LogP contribution in [0.3, 0.4) is 0 Å². The Morgan fingerprint density at radius 3 is 1.67 bits per heavy atom. The fourth-order valence-corrected chi connectivity index (χ4v) is 12.3. The summed E-state index contributed by atoms with van der Waals surface area (Å²) < 4.78 is 41.1. The zero-order valence-corrected chi connectivity index (χ0v) is 31.6. The maximum Gasteiger partial charge on any atom is 0.223 e. The monoisotopic (exact) mass is 727 g/mol. The molecule has 0 aromatic heterocycles. The van der Waals surface area contributed by atoms with Crippen LogP contribution in [0.15, 0.2) is 24.3 Å². The molecule has 8 saturated heterocycles. The lowest BCUT2D eigenvalue weighted by molar-refractivity contribution is -0.571. The van der Waals surface area contributed by atoms with E-state index in [1.165, 1.54) is 12.1 Å². The second-order valence-corrected chi connectivity index (χ2v) is 18.4. The van der Waals surface area contributed by atoms with Crippen molar-refractivity contribution in [1.29, 1.82) is 0 Å². The van der Waals surface area contributed by atoms with E-state index in [9.17, 15) is 9.18 Å². The molecule has 2 spiro atoms. The molecule has 8 aliphatic heterocycles. The highest BCUT2D eigenvalue weighted by molar-refractivity contribution is 5.78. The van der Waals surface area contributed by atoms with Gasteiger partial charge in [-0.25, -0.2) is 23.9 Å². The van der Waals surface area contributed by atoms with Gasteiger partial charge in [0.05, 0.1) is 12.2 Å². The van der Waals surface area contributed by atoms with Crippen molar-refractivity contribution in [2.45, 2.75) is 160 Å². The summed E-state index contributed by atoms with van der Waals surface area (Å²) >= 11 is 0. The molecule has 11 rings (SSSR count). The minimum absolute atomic E-state index is 0.0634. The molecule has 1 aromatic rings. The number of fused-ring (bicyclic) bond motifs is 4. The first-order valence-corrected chi connectivity index (χ1v) is 20.3. The van der Waals surface area contributed by atoms with Crippen LogP contribution in [-0.2, 0) is 49.8 Å². The molecule has 8 heterocycles. The molecular formula is C41H58FNO9. The molecule has 11 heteroatoms. The van der Waals surface area contributed by atoms with Crippen molar-refractivity contribution in [3.8, 4) is 0 Å². The van der Waals surface area contributed by atoms with Crippen LogP contribution in [0, 0.1) is 59.1 Å². The second kappa shape index (κ2) is 12.9. The van der Waals surface area contributed by atoms with Gasteiger partial charge in [-0.05, 0) is 118 Å². The van der Waals surface area contributed by atoms with Crippen molar-refractivity contribution in [3.63, 3.8) is 0 Å². The highest BCUT2D eigenvalue weighted by atomic mass is 19.1. The quantitative estimate of drug-likeness (QED) is 0.289. The largest absolute Gasteiger partial charge is 0.352 e. The number of carbonyl (C=O) groups excluding carboxylic acids is 1. The van der Waals surface area contributed by atoms with Crippen molar-refractivity contribution < 1.29 is 47.7 Å². The third-order valence-electron chi connectivity index (χ3n) is 15.4. The van der Waals surface area contributed by atoms with Gasteiger partial charge >= 0.3 is 0 Å². The van der Waals surface area contributed by atoms with Gasteiger partial charge in [-0.15, -0.1) is 0 Å². The molecule has 2 aliphatic carbocycles. The molecule has 1 N–H and O–H groups in total. The summed E-state index contributed by atoms with van der Waals surface area (Å²) in [6, 6.07) is 6.28. The summed E-state index contributed by atoms with van der Waals surface area (Å²) in [6.45, 7) is 13.3. The van der Waals surface area contributed by atoms with E-state index in [4.69, 9.17) is 38.5 Å². The summed E-state index contributed by atoms with van der Waals surface area (Å²) in [4.78, 5) is 39.4. The highest BCUT2D eigenvalue weighted by Gasteiger charge is 2.71. The Labute approximate surface area is 307 Å². The Bertz CT molecular complexity index is 1440. The van der Waals surface area contributed by atoms with Crippen molar-refractivity contribution in [2.24, 2.45) is 53.3 Å². The Hall–Kier alpha value is -1.70. The molecule has 10 fully saturated rings. The molecule has 52 heavy (non-hydrogen) atoms. The lowest BCUT2D eigenvalue weighted by Gasteiger charge is -2.61. The van der Waals surface area contributed by atoms with Crippen LogP contribution < -0.4 is 5.32 Å². The average molecular weight is 728 g/mol. The Morgan fingerprint density at radius 2 is 1.19 bits per heavy atom. The fraction of sp³-hybridized carbons (Fsp3) is 0.829. The van der Waals surface area contributed by atoms with E-state index in [2.05, 4.69) is 33.0 Å². The molecule has 0 unspecified atom stereocenters. The highest BCUT2D eigenvalue weighted by Crippen LogP contribution is 2.63. The lowest BCUT2D eigenvalue weighted by atomic mass is 9.56. The molecule has 10 aliphatic rings. The molecule has 288 valence electrons. The molecule has 2 saturated carbocycles. The summed E-state index contributed by atoms with van der Waals surface area (Å²) in [5.41, 5.74) is -0.488. The predicted octanol–water partition coefficient (Wildman–Crippen LogP) is 7.34. The van der Waals surface area contributed by atoms with Gasteiger partial charge in [-0.3, -0.25) is 4.79 Å². The molecule has 4 bridgehead atoms.